The van der Waals surface area contributed by atoms with Gasteiger partial charge in [0.25, 0.3) is 0 Å². The molecule has 2 aliphatic rings. The fraction of sp³-hybridized carbons (Fsp3) is 0.875. The maximum Gasteiger partial charge on any atom is 0.0748 e. The Hall–Kier alpha value is -0.380. The summed E-state index contributed by atoms with van der Waals surface area (Å²) in [6.45, 7) is 12.8. The van der Waals surface area contributed by atoms with E-state index in [1.165, 1.54) is 0 Å². The van der Waals surface area contributed by atoms with Crippen molar-refractivity contribution in [3.8, 4) is 0 Å². The third-order valence-electron chi connectivity index (χ3n) is 5.17. The van der Waals surface area contributed by atoms with Gasteiger partial charge in [-0.1, -0.05) is 39.8 Å². The fourth-order valence-electron chi connectivity index (χ4n) is 3.98. The summed E-state index contributed by atoms with van der Waals surface area (Å²) in [5.41, 5.74) is 0.819. The first-order valence-electron chi connectivity index (χ1n) is 7.34. The van der Waals surface area contributed by atoms with Gasteiger partial charge in [-0.25, -0.2) is 0 Å². The van der Waals surface area contributed by atoms with E-state index >= 15 is 0 Å². The van der Waals surface area contributed by atoms with Crippen LogP contribution in [0.15, 0.2) is 12.2 Å². The standard InChI is InChI=1S/C16H28O3/c1-10(9-17)6-12-7-13(18)16(5)11(2)8-15(3,4)14(16)19-12/h10,12-14,17-18H,2,6-9H2,1,3-5H3/t10?,12?,13?,14?,16-/m0/s1. The number of aliphatic hydroxyl groups is 2. The molecule has 3 heteroatoms. The Morgan fingerprint density at radius 1 is 1.42 bits per heavy atom. The van der Waals surface area contributed by atoms with Crippen LogP contribution in [0, 0.1) is 16.7 Å². The number of ether oxygens (including phenoxy) is 1. The zero-order chi connectivity index (χ0) is 14.4. The predicted molar refractivity (Wildman–Crippen MR) is 75.8 cm³/mol. The van der Waals surface area contributed by atoms with Crippen LogP contribution in [0.25, 0.3) is 0 Å². The van der Waals surface area contributed by atoms with E-state index in [-0.39, 0.29) is 35.6 Å². The lowest BCUT2D eigenvalue weighted by molar-refractivity contribution is -0.187. The van der Waals surface area contributed by atoms with Crippen molar-refractivity contribution in [3.63, 3.8) is 0 Å². The molecule has 1 aliphatic carbocycles. The van der Waals surface area contributed by atoms with Gasteiger partial charge in [0.1, 0.15) is 0 Å². The topological polar surface area (TPSA) is 49.7 Å². The summed E-state index contributed by atoms with van der Waals surface area (Å²) >= 11 is 0. The Kier molecular flexibility index (Phi) is 3.85. The van der Waals surface area contributed by atoms with Gasteiger partial charge in [-0.05, 0) is 24.2 Å². The van der Waals surface area contributed by atoms with Crippen molar-refractivity contribution in [2.75, 3.05) is 6.61 Å². The van der Waals surface area contributed by atoms with E-state index in [2.05, 4.69) is 27.4 Å². The van der Waals surface area contributed by atoms with Gasteiger partial charge in [-0.2, -0.15) is 0 Å². The highest BCUT2D eigenvalue weighted by Crippen LogP contribution is 2.58. The minimum atomic E-state index is -0.392. The molecule has 1 heterocycles. The summed E-state index contributed by atoms with van der Waals surface area (Å²) in [7, 11) is 0. The van der Waals surface area contributed by atoms with Crippen molar-refractivity contribution in [1.29, 1.82) is 0 Å². The van der Waals surface area contributed by atoms with Crippen molar-refractivity contribution in [3.05, 3.63) is 12.2 Å². The van der Waals surface area contributed by atoms with Gasteiger partial charge >= 0.3 is 0 Å². The first-order chi connectivity index (χ1) is 8.71. The normalized spacial score (nSPS) is 43.1. The third kappa shape index (κ3) is 2.37. The molecule has 1 saturated carbocycles. The second-order valence-electron chi connectivity index (χ2n) is 7.46. The molecule has 2 fully saturated rings. The third-order valence-corrected chi connectivity index (χ3v) is 5.17. The van der Waals surface area contributed by atoms with Crippen molar-refractivity contribution in [2.45, 2.75) is 65.3 Å². The van der Waals surface area contributed by atoms with Crippen LogP contribution >= 0.6 is 0 Å². The van der Waals surface area contributed by atoms with E-state index in [9.17, 15) is 10.2 Å². The molecule has 4 unspecified atom stereocenters. The number of fused-ring (bicyclic) bond motifs is 1. The molecule has 1 aliphatic heterocycles. The summed E-state index contributed by atoms with van der Waals surface area (Å²) in [6.07, 6.45) is 2.03. The average molecular weight is 268 g/mol. The summed E-state index contributed by atoms with van der Waals surface area (Å²) in [4.78, 5) is 0. The molecule has 19 heavy (non-hydrogen) atoms. The van der Waals surface area contributed by atoms with Crippen LogP contribution in [-0.2, 0) is 4.74 Å². The minimum absolute atomic E-state index is 0.0205. The number of aliphatic hydroxyl groups excluding tert-OH is 2. The summed E-state index contributed by atoms with van der Waals surface area (Å²) in [5.74, 6) is 0.217. The lowest BCUT2D eigenvalue weighted by atomic mass is 9.70. The molecule has 0 aromatic heterocycles. The van der Waals surface area contributed by atoms with E-state index in [0.717, 1.165) is 18.4 Å². The fourth-order valence-corrected chi connectivity index (χ4v) is 3.98. The minimum Gasteiger partial charge on any atom is -0.396 e. The highest BCUT2D eigenvalue weighted by atomic mass is 16.5. The largest absolute Gasteiger partial charge is 0.396 e. The van der Waals surface area contributed by atoms with Gasteiger partial charge in [0.05, 0.1) is 18.3 Å². The molecule has 0 aromatic rings. The Bertz CT molecular complexity index is 363. The van der Waals surface area contributed by atoms with Gasteiger partial charge in [0.15, 0.2) is 0 Å². The van der Waals surface area contributed by atoms with Crippen LogP contribution in [-0.4, -0.2) is 35.1 Å². The maximum atomic E-state index is 10.6. The molecule has 5 atom stereocenters. The summed E-state index contributed by atoms with van der Waals surface area (Å²) in [6, 6.07) is 0. The summed E-state index contributed by atoms with van der Waals surface area (Å²) in [5, 5.41) is 19.8. The van der Waals surface area contributed by atoms with Gasteiger partial charge < -0.3 is 14.9 Å². The maximum absolute atomic E-state index is 10.6. The SMILES string of the molecule is C=C1CC(C)(C)C2OC(CC(C)CO)CC(O)[C@]12C. The van der Waals surface area contributed by atoms with Crippen molar-refractivity contribution < 1.29 is 14.9 Å². The zero-order valence-corrected chi connectivity index (χ0v) is 12.6. The molecular weight excluding hydrogens is 240 g/mol. The molecule has 3 nitrogen and oxygen atoms in total. The first kappa shape index (κ1) is 15.0. The highest BCUT2D eigenvalue weighted by Gasteiger charge is 2.59. The van der Waals surface area contributed by atoms with E-state index < -0.39 is 6.10 Å². The number of rotatable bonds is 3. The Balaban J connectivity index is 2.19. The molecule has 0 aromatic carbocycles. The molecule has 2 N–H and O–H groups in total. The van der Waals surface area contributed by atoms with E-state index in [1.54, 1.807) is 0 Å². The summed E-state index contributed by atoms with van der Waals surface area (Å²) < 4.78 is 6.31. The lowest BCUT2D eigenvalue weighted by Crippen LogP contribution is -2.53. The Morgan fingerprint density at radius 3 is 2.63 bits per heavy atom. The van der Waals surface area contributed by atoms with Gasteiger partial charge in [-0.3, -0.25) is 0 Å². The number of hydrogen-bond acceptors (Lipinski definition) is 3. The van der Waals surface area contributed by atoms with Crippen LogP contribution in [0.5, 0.6) is 0 Å². The Morgan fingerprint density at radius 2 is 2.05 bits per heavy atom. The van der Waals surface area contributed by atoms with Crippen molar-refractivity contribution in [2.24, 2.45) is 16.7 Å². The van der Waals surface area contributed by atoms with Gasteiger partial charge in [0.2, 0.25) is 0 Å². The smallest absolute Gasteiger partial charge is 0.0748 e. The highest BCUT2D eigenvalue weighted by molar-refractivity contribution is 5.27. The quantitative estimate of drug-likeness (QED) is 0.773. The monoisotopic (exact) mass is 268 g/mol. The molecule has 0 radical (unpaired) electrons. The molecule has 1 saturated heterocycles. The molecule has 0 spiro atoms. The predicted octanol–water partition coefficient (Wildman–Crippen LogP) is 2.52. The van der Waals surface area contributed by atoms with Gasteiger partial charge in [-0.15, -0.1) is 0 Å². The molecule has 2 rings (SSSR count). The van der Waals surface area contributed by atoms with Crippen molar-refractivity contribution >= 4 is 0 Å². The van der Waals surface area contributed by atoms with E-state index in [4.69, 9.17) is 4.74 Å². The molecule has 0 amide bonds. The van der Waals surface area contributed by atoms with Crippen molar-refractivity contribution in [1.82, 2.24) is 0 Å². The van der Waals surface area contributed by atoms with Crippen LogP contribution in [0.2, 0.25) is 0 Å². The van der Waals surface area contributed by atoms with Crippen LogP contribution in [0.1, 0.15) is 47.0 Å². The number of hydrogen-bond donors (Lipinski definition) is 2. The Labute approximate surface area is 116 Å². The first-order valence-corrected chi connectivity index (χ1v) is 7.34. The second kappa shape index (κ2) is 4.87. The molecular formula is C16H28O3. The van der Waals surface area contributed by atoms with Gasteiger partial charge in [0, 0.05) is 18.4 Å². The second-order valence-corrected chi connectivity index (χ2v) is 7.46. The van der Waals surface area contributed by atoms with Crippen LogP contribution in [0.3, 0.4) is 0 Å². The lowest BCUT2D eigenvalue weighted by Gasteiger charge is -2.48. The van der Waals surface area contributed by atoms with Crippen LogP contribution < -0.4 is 0 Å². The zero-order valence-electron chi connectivity index (χ0n) is 12.6. The molecule has 0 bridgehead atoms. The van der Waals surface area contributed by atoms with E-state index in [1.807, 2.05) is 6.92 Å². The average Bonchev–Trinajstić information content (AvgIpc) is 2.49. The van der Waals surface area contributed by atoms with E-state index in [0.29, 0.717) is 6.42 Å². The molecule has 110 valence electrons. The van der Waals surface area contributed by atoms with Crippen LogP contribution in [0.4, 0.5) is 0 Å².